The second-order valence-corrected chi connectivity index (χ2v) is 3.61. The molecule has 2 heteroatoms. The molecule has 0 atom stereocenters. The van der Waals surface area contributed by atoms with Gasteiger partial charge in [0, 0.05) is 24.4 Å². The summed E-state index contributed by atoms with van der Waals surface area (Å²) < 4.78 is 0. The molecule has 62 valence electrons. The van der Waals surface area contributed by atoms with Gasteiger partial charge in [0.05, 0.1) is 0 Å². The Kier molecular flexibility index (Phi) is 2.40. The number of halogens is 1. The fraction of sp³-hybridized carbons (Fsp3) is 0.300. The molecule has 1 aromatic rings. The smallest absolute Gasteiger partial charge is 0.252 e. The summed E-state index contributed by atoms with van der Waals surface area (Å²) in [6.45, 7) is 10.8. The van der Waals surface area contributed by atoms with Gasteiger partial charge in [-0.25, -0.2) is 6.57 Å². The van der Waals surface area contributed by atoms with Gasteiger partial charge in [0.2, 0.25) is 0 Å². The number of hydrogen-bond donors (Lipinski definition) is 0. The maximum atomic E-state index is 6.99. The first-order valence-corrected chi connectivity index (χ1v) is 4.09. The minimum Gasteiger partial charge on any atom is -0.306 e. The highest BCUT2D eigenvalue weighted by Crippen LogP contribution is 2.25. The van der Waals surface area contributed by atoms with Crippen molar-refractivity contribution in [2.75, 3.05) is 0 Å². The first-order valence-electron chi connectivity index (χ1n) is 3.71. The first-order chi connectivity index (χ1) is 5.56. The minimum absolute atomic E-state index is 0.440. The van der Waals surface area contributed by atoms with Crippen LogP contribution in [0.5, 0.6) is 0 Å². The summed E-state index contributed by atoms with van der Waals surface area (Å²) in [4.78, 5) is 3.53. The van der Waals surface area contributed by atoms with Crippen LogP contribution in [0.3, 0.4) is 0 Å². The zero-order valence-corrected chi connectivity index (χ0v) is 7.89. The highest BCUT2D eigenvalue weighted by atomic mass is 35.5. The fourth-order valence-corrected chi connectivity index (χ4v) is 1.05. The minimum atomic E-state index is -0.440. The Hall–Kier alpha value is -1.00. The van der Waals surface area contributed by atoms with E-state index in [0.29, 0.717) is 5.02 Å². The zero-order valence-electron chi connectivity index (χ0n) is 7.13. The predicted octanol–water partition coefficient (Wildman–Crippen LogP) is 3.49. The third-order valence-corrected chi connectivity index (χ3v) is 2.08. The van der Waals surface area contributed by atoms with Crippen molar-refractivity contribution in [1.82, 2.24) is 0 Å². The lowest BCUT2D eigenvalue weighted by atomic mass is 9.96. The summed E-state index contributed by atoms with van der Waals surface area (Å²) in [5, 5.41) is 0.708. The molecule has 1 nitrogen and oxygen atoms in total. The monoisotopic (exact) mass is 179 g/mol. The predicted molar refractivity (Wildman–Crippen MR) is 51.1 cm³/mol. The van der Waals surface area contributed by atoms with Gasteiger partial charge >= 0.3 is 0 Å². The Balaban J connectivity index is 3.07. The van der Waals surface area contributed by atoms with Crippen LogP contribution in [0.2, 0.25) is 5.02 Å². The quantitative estimate of drug-likeness (QED) is 0.582. The average molecular weight is 180 g/mol. The summed E-state index contributed by atoms with van der Waals surface area (Å²) in [5.41, 5.74) is 0.562. The van der Waals surface area contributed by atoms with E-state index in [2.05, 4.69) is 4.85 Å². The normalized spacial score (nSPS) is 10.8. The van der Waals surface area contributed by atoms with Crippen molar-refractivity contribution in [1.29, 1.82) is 0 Å². The largest absolute Gasteiger partial charge is 0.306 e. The molecule has 0 aliphatic carbocycles. The van der Waals surface area contributed by atoms with Crippen molar-refractivity contribution in [3.05, 3.63) is 46.3 Å². The van der Waals surface area contributed by atoms with Crippen LogP contribution in [0, 0.1) is 6.57 Å². The van der Waals surface area contributed by atoms with Gasteiger partial charge in [-0.05, 0) is 24.3 Å². The van der Waals surface area contributed by atoms with Crippen molar-refractivity contribution in [3.8, 4) is 0 Å². The van der Waals surface area contributed by atoms with Gasteiger partial charge < -0.3 is 4.85 Å². The van der Waals surface area contributed by atoms with Gasteiger partial charge in [-0.2, -0.15) is 0 Å². The van der Waals surface area contributed by atoms with Crippen LogP contribution < -0.4 is 0 Å². The molecule has 0 fully saturated rings. The molecule has 0 amide bonds. The Labute approximate surface area is 77.8 Å². The molecule has 0 N–H and O–H groups in total. The molecule has 0 aliphatic heterocycles. The number of nitrogens with zero attached hydrogens (tertiary/aromatic N) is 1. The van der Waals surface area contributed by atoms with Crippen molar-refractivity contribution < 1.29 is 0 Å². The van der Waals surface area contributed by atoms with Crippen LogP contribution in [0.25, 0.3) is 4.85 Å². The Morgan fingerprint density at radius 2 is 1.75 bits per heavy atom. The van der Waals surface area contributed by atoms with E-state index in [4.69, 9.17) is 18.2 Å². The molecule has 0 aliphatic rings. The maximum Gasteiger partial charge on any atom is 0.252 e. The van der Waals surface area contributed by atoms with E-state index in [-0.39, 0.29) is 0 Å². The molecule has 0 saturated carbocycles. The van der Waals surface area contributed by atoms with Crippen molar-refractivity contribution in [3.63, 3.8) is 0 Å². The molecule has 1 rings (SSSR count). The molecular formula is C10H10ClN. The van der Waals surface area contributed by atoms with Gasteiger partial charge in [0.1, 0.15) is 0 Å². The summed E-state index contributed by atoms with van der Waals surface area (Å²) in [6.07, 6.45) is 0. The molecule has 0 bridgehead atoms. The van der Waals surface area contributed by atoms with E-state index < -0.39 is 5.54 Å². The SMILES string of the molecule is [C-]#[N+]C(C)(C)c1ccc(Cl)cc1. The first kappa shape index (κ1) is 9.09. The van der Waals surface area contributed by atoms with Crippen molar-refractivity contribution >= 4 is 11.6 Å². The average Bonchev–Trinajstić information content (AvgIpc) is 2.05. The third kappa shape index (κ3) is 1.78. The number of benzene rings is 1. The molecular weight excluding hydrogens is 170 g/mol. The molecule has 12 heavy (non-hydrogen) atoms. The van der Waals surface area contributed by atoms with E-state index in [1.165, 1.54) is 0 Å². The molecule has 0 heterocycles. The van der Waals surface area contributed by atoms with Crippen LogP contribution in [0.15, 0.2) is 24.3 Å². The lowest BCUT2D eigenvalue weighted by Crippen LogP contribution is -2.10. The second-order valence-electron chi connectivity index (χ2n) is 3.18. The van der Waals surface area contributed by atoms with E-state index in [0.717, 1.165) is 5.56 Å². The summed E-state index contributed by atoms with van der Waals surface area (Å²) in [7, 11) is 0. The Morgan fingerprint density at radius 1 is 1.25 bits per heavy atom. The van der Waals surface area contributed by atoms with Gasteiger partial charge in [-0.1, -0.05) is 11.6 Å². The fourth-order valence-electron chi connectivity index (χ4n) is 0.922. The van der Waals surface area contributed by atoms with Crippen LogP contribution >= 0.6 is 11.6 Å². The van der Waals surface area contributed by atoms with Gasteiger partial charge in [0.15, 0.2) is 0 Å². The van der Waals surface area contributed by atoms with E-state index >= 15 is 0 Å². The summed E-state index contributed by atoms with van der Waals surface area (Å²) >= 11 is 5.73. The lowest BCUT2D eigenvalue weighted by Gasteiger charge is -2.10. The van der Waals surface area contributed by atoms with E-state index in [1.807, 2.05) is 38.1 Å². The highest BCUT2D eigenvalue weighted by molar-refractivity contribution is 6.30. The Morgan fingerprint density at radius 3 is 2.17 bits per heavy atom. The lowest BCUT2D eigenvalue weighted by molar-refractivity contribution is 0.664. The third-order valence-electron chi connectivity index (χ3n) is 1.83. The van der Waals surface area contributed by atoms with E-state index in [9.17, 15) is 0 Å². The van der Waals surface area contributed by atoms with Crippen LogP contribution in [-0.4, -0.2) is 0 Å². The summed E-state index contributed by atoms with van der Waals surface area (Å²) in [6, 6.07) is 7.40. The second kappa shape index (κ2) is 3.16. The standard InChI is InChI=1S/C10H10ClN/c1-10(2,12-3)8-4-6-9(11)7-5-8/h4-7H,1-2H3. The molecule has 0 radical (unpaired) electrons. The number of rotatable bonds is 1. The van der Waals surface area contributed by atoms with Crippen LogP contribution in [0.1, 0.15) is 19.4 Å². The number of hydrogen-bond acceptors (Lipinski definition) is 0. The summed E-state index contributed by atoms with van der Waals surface area (Å²) in [5.74, 6) is 0. The van der Waals surface area contributed by atoms with Crippen molar-refractivity contribution in [2.45, 2.75) is 19.4 Å². The molecule has 0 aromatic heterocycles. The highest BCUT2D eigenvalue weighted by Gasteiger charge is 2.24. The van der Waals surface area contributed by atoms with Gasteiger partial charge in [0.25, 0.3) is 5.54 Å². The zero-order chi connectivity index (χ0) is 9.19. The van der Waals surface area contributed by atoms with Gasteiger partial charge in [-0.3, -0.25) is 0 Å². The Bertz CT molecular complexity index is 306. The molecule has 0 unspecified atom stereocenters. The molecule has 0 spiro atoms. The maximum absolute atomic E-state index is 6.99. The van der Waals surface area contributed by atoms with Crippen molar-refractivity contribution in [2.24, 2.45) is 0 Å². The molecule has 1 aromatic carbocycles. The topological polar surface area (TPSA) is 4.36 Å². The van der Waals surface area contributed by atoms with Crippen LogP contribution in [-0.2, 0) is 5.54 Å². The molecule has 0 saturated heterocycles. The van der Waals surface area contributed by atoms with E-state index in [1.54, 1.807) is 0 Å². The van der Waals surface area contributed by atoms with Crippen LogP contribution in [0.4, 0.5) is 0 Å². The van der Waals surface area contributed by atoms with Gasteiger partial charge in [-0.15, -0.1) is 0 Å².